The minimum atomic E-state index is -0.755. The third-order valence-electron chi connectivity index (χ3n) is 4.74. The number of halogens is 1. The van der Waals surface area contributed by atoms with E-state index in [-0.39, 0.29) is 17.9 Å². The summed E-state index contributed by atoms with van der Waals surface area (Å²) in [6, 6.07) is 9.61. The fourth-order valence-corrected chi connectivity index (χ4v) is 3.49. The zero-order valence-corrected chi connectivity index (χ0v) is 15.8. The first-order chi connectivity index (χ1) is 13.4. The van der Waals surface area contributed by atoms with Crippen LogP contribution in [0.1, 0.15) is 23.6 Å². The van der Waals surface area contributed by atoms with E-state index in [0.29, 0.717) is 40.1 Å². The van der Waals surface area contributed by atoms with E-state index in [0.717, 1.165) is 5.56 Å². The largest absolute Gasteiger partial charge is 0.508 e. The molecule has 3 aromatic rings. The van der Waals surface area contributed by atoms with Gasteiger partial charge in [0.2, 0.25) is 0 Å². The number of phenols is 1. The molecule has 0 aliphatic carbocycles. The van der Waals surface area contributed by atoms with E-state index in [4.69, 9.17) is 25.5 Å². The Morgan fingerprint density at radius 3 is 2.86 bits per heavy atom. The van der Waals surface area contributed by atoms with Crippen molar-refractivity contribution in [3.63, 3.8) is 0 Å². The molecule has 0 amide bonds. The molecule has 0 unspecified atom stereocenters. The van der Waals surface area contributed by atoms with Crippen LogP contribution in [0.4, 0.5) is 0 Å². The summed E-state index contributed by atoms with van der Waals surface area (Å²) in [5, 5.41) is 11.2. The van der Waals surface area contributed by atoms with Gasteiger partial charge in [-0.2, -0.15) is 0 Å². The first-order valence-corrected chi connectivity index (χ1v) is 9.22. The highest BCUT2D eigenvalue weighted by Crippen LogP contribution is 2.32. The van der Waals surface area contributed by atoms with Gasteiger partial charge in [0.15, 0.2) is 6.10 Å². The summed E-state index contributed by atoms with van der Waals surface area (Å²) in [4.78, 5) is 24.3. The first-order valence-electron chi connectivity index (χ1n) is 8.85. The molecule has 0 saturated carbocycles. The van der Waals surface area contributed by atoms with Gasteiger partial charge < -0.3 is 19.0 Å². The lowest BCUT2D eigenvalue weighted by molar-refractivity contribution is -0.152. The lowest BCUT2D eigenvalue weighted by Gasteiger charge is -2.12. The van der Waals surface area contributed by atoms with Crippen molar-refractivity contribution in [3.05, 3.63) is 68.5 Å². The summed E-state index contributed by atoms with van der Waals surface area (Å²) in [5.41, 5.74) is 1.73. The van der Waals surface area contributed by atoms with Crippen LogP contribution in [0.2, 0.25) is 5.02 Å². The fraction of sp³-hybridized carbons (Fsp3) is 0.238. The van der Waals surface area contributed by atoms with Gasteiger partial charge in [0.1, 0.15) is 23.7 Å². The summed E-state index contributed by atoms with van der Waals surface area (Å²) in [5.74, 6) is 0.145. The van der Waals surface area contributed by atoms with Crippen LogP contribution >= 0.6 is 11.6 Å². The van der Waals surface area contributed by atoms with E-state index in [1.54, 1.807) is 24.3 Å². The number of carbonyl (C=O) groups is 1. The molecule has 0 bridgehead atoms. The quantitative estimate of drug-likeness (QED) is 0.530. The summed E-state index contributed by atoms with van der Waals surface area (Å²) >= 11 is 5.97. The van der Waals surface area contributed by atoms with Gasteiger partial charge in [0.05, 0.1) is 0 Å². The molecular weight excluding hydrogens is 384 g/mol. The molecule has 0 radical (unpaired) electrons. The standard InChI is InChI=1S/C21H17ClO6/c1-2-11-6-15-13(8-20(24)28-18(15)9-16(11)23)10-26-21(25)19-7-12-5-14(22)3-4-17(12)27-19/h3-6,8-9,19,23H,2,7,10H2,1H3/t19-/m0/s1. The Hall–Kier alpha value is -2.99. The monoisotopic (exact) mass is 400 g/mol. The van der Waals surface area contributed by atoms with E-state index in [2.05, 4.69) is 0 Å². The molecule has 1 atom stereocenters. The first kappa shape index (κ1) is 18.4. The summed E-state index contributed by atoms with van der Waals surface area (Å²) < 4.78 is 16.2. The van der Waals surface area contributed by atoms with Gasteiger partial charge in [-0.3, -0.25) is 0 Å². The topological polar surface area (TPSA) is 86.0 Å². The van der Waals surface area contributed by atoms with Crippen molar-refractivity contribution in [2.24, 2.45) is 0 Å². The molecule has 2 heterocycles. The second-order valence-electron chi connectivity index (χ2n) is 6.59. The molecule has 1 N–H and O–H groups in total. The van der Waals surface area contributed by atoms with Gasteiger partial charge in [-0.05, 0) is 41.8 Å². The van der Waals surface area contributed by atoms with Crippen molar-refractivity contribution in [2.75, 3.05) is 0 Å². The molecule has 0 spiro atoms. The van der Waals surface area contributed by atoms with Crippen LogP contribution in [-0.2, 0) is 29.0 Å². The molecule has 2 aromatic carbocycles. The number of fused-ring (bicyclic) bond motifs is 2. The van der Waals surface area contributed by atoms with Gasteiger partial charge in [0, 0.05) is 34.5 Å². The molecule has 0 fully saturated rings. The van der Waals surface area contributed by atoms with E-state index in [1.165, 1.54) is 12.1 Å². The zero-order valence-electron chi connectivity index (χ0n) is 15.0. The Morgan fingerprint density at radius 2 is 2.07 bits per heavy atom. The van der Waals surface area contributed by atoms with Gasteiger partial charge in [-0.1, -0.05) is 18.5 Å². The maximum atomic E-state index is 12.4. The van der Waals surface area contributed by atoms with E-state index < -0.39 is 17.7 Å². The second-order valence-corrected chi connectivity index (χ2v) is 7.03. The number of hydrogen-bond acceptors (Lipinski definition) is 6. The number of esters is 1. The molecule has 4 rings (SSSR count). The minimum absolute atomic E-state index is 0.0584. The SMILES string of the molecule is CCc1cc2c(COC(=O)[C@@H]3Cc4cc(Cl)ccc4O3)cc(=O)oc2cc1O. The molecule has 1 aromatic heterocycles. The van der Waals surface area contributed by atoms with E-state index in [1.807, 2.05) is 6.92 Å². The summed E-state index contributed by atoms with van der Waals surface area (Å²) in [7, 11) is 0. The van der Waals surface area contributed by atoms with Gasteiger partial charge in [-0.25, -0.2) is 9.59 Å². The third kappa shape index (κ3) is 3.43. The molecule has 6 nitrogen and oxygen atoms in total. The number of rotatable bonds is 4. The number of aromatic hydroxyl groups is 1. The summed E-state index contributed by atoms with van der Waals surface area (Å²) in [6.45, 7) is 1.80. The maximum Gasteiger partial charge on any atom is 0.348 e. The van der Waals surface area contributed by atoms with Gasteiger partial charge in [-0.15, -0.1) is 0 Å². The van der Waals surface area contributed by atoms with E-state index >= 15 is 0 Å². The van der Waals surface area contributed by atoms with Gasteiger partial charge >= 0.3 is 11.6 Å². The zero-order chi connectivity index (χ0) is 19.8. The van der Waals surface area contributed by atoms with Gasteiger partial charge in [0.25, 0.3) is 0 Å². The van der Waals surface area contributed by atoms with Crippen molar-refractivity contribution in [2.45, 2.75) is 32.5 Å². The van der Waals surface area contributed by atoms with Crippen molar-refractivity contribution < 1.29 is 23.8 Å². The Kier molecular flexibility index (Phi) is 4.73. The molecule has 0 saturated heterocycles. The van der Waals surface area contributed by atoms with Crippen LogP contribution in [0.5, 0.6) is 11.5 Å². The molecule has 1 aliphatic rings. The normalized spacial score (nSPS) is 15.3. The van der Waals surface area contributed by atoms with Crippen LogP contribution in [-0.4, -0.2) is 17.2 Å². The average molecular weight is 401 g/mol. The molecule has 144 valence electrons. The van der Waals surface area contributed by atoms with Crippen LogP contribution in [0, 0.1) is 0 Å². The average Bonchev–Trinajstić information content (AvgIpc) is 3.08. The van der Waals surface area contributed by atoms with Crippen LogP contribution < -0.4 is 10.4 Å². The lowest BCUT2D eigenvalue weighted by Crippen LogP contribution is -2.27. The summed E-state index contributed by atoms with van der Waals surface area (Å²) in [6.07, 6.45) is 0.229. The minimum Gasteiger partial charge on any atom is -0.508 e. The number of benzene rings is 2. The highest BCUT2D eigenvalue weighted by atomic mass is 35.5. The third-order valence-corrected chi connectivity index (χ3v) is 4.98. The van der Waals surface area contributed by atoms with Crippen molar-refractivity contribution >= 4 is 28.5 Å². The molecule has 28 heavy (non-hydrogen) atoms. The van der Waals surface area contributed by atoms with Crippen molar-refractivity contribution in [3.8, 4) is 11.5 Å². The number of ether oxygens (including phenoxy) is 2. The maximum absolute atomic E-state index is 12.4. The predicted molar refractivity (Wildman–Crippen MR) is 103 cm³/mol. The highest BCUT2D eigenvalue weighted by molar-refractivity contribution is 6.30. The Balaban J connectivity index is 1.54. The number of hydrogen-bond donors (Lipinski definition) is 1. The van der Waals surface area contributed by atoms with E-state index in [9.17, 15) is 14.7 Å². The van der Waals surface area contributed by atoms with Crippen molar-refractivity contribution in [1.29, 1.82) is 0 Å². The fourth-order valence-electron chi connectivity index (χ4n) is 3.30. The molecule has 7 heteroatoms. The smallest absolute Gasteiger partial charge is 0.348 e. The Bertz CT molecular complexity index is 1130. The lowest BCUT2D eigenvalue weighted by atomic mass is 10.0. The van der Waals surface area contributed by atoms with Crippen LogP contribution in [0.15, 0.2) is 45.6 Å². The molecular formula is C21H17ClO6. The number of aryl methyl sites for hydroxylation is 1. The molecule has 1 aliphatic heterocycles. The number of phenolic OH excluding ortho intramolecular Hbond substituents is 1. The highest BCUT2D eigenvalue weighted by Gasteiger charge is 2.30. The van der Waals surface area contributed by atoms with Crippen LogP contribution in [0.3, 0.4) is 0 Å². The second kappa shape index (κ2) is 7.20. The predicted octanol–water partition coefficient (Wildman–Crippen LogP) is 3.76. The Labute approximate surface area is 165 Å². The van der Waals surface area contributed by atoms with Crippen LogP contribution in [0.25, 0.3) is 11.0 Å². The number of carbonyl (C=O) groups excluding carboxylic acids is 1. The van der Waals surface area contributed by atoms with Crippen molar-refractivity contribution in [1.82, 2.24) is 0 Å². The Morgan fingerprint density at radius 1 is 1.25 bits per heavy atom.